The van der Waals surface area contributed by atoms with E-state index in [1.807, 2.05) is 43.1 Å². The molecule has 1 saturated heterocycles. The van der Waals surface area contributed by atoms with Gasteiger partial charge >= 0.3 is 0 Å². The number of rotatable bonds is 7. The molecular formula is C19H26N4O3S. The molecule has 2 heterocycles. The van der Waals surface area contributed by atoms with Gasteiger partial charge in [0.1, 0.15) is 11.6 Å². The SMILES string of the molecule is COc1cccc(CCNc2nc(C)cc(N(C)C3CCS(=O)(=O)C3)n2)c1. The van der Waals surface area contributed by atoms with Gasteiger partial charge in [-0.05, 0) is 37.5 Å². The number of anilines is 2. The highest BCUT2D eigenvalue weighted by molar-refractivity contribution is 7.91. The van der Waals surface area contributed by atoms with Gasteiger partial charge in [0.25, 0.3) is 0 Å². The van der Waals surface area contributed by atoms with Crippen LogP contribution in [0, 0.1) is 6.92 Å². The molecule has 2 aromatic rings. The van der Waals surface area contributed by atoms with Crippen LogP contribution in [-0.2, 0) is 16.3 Å². The van der Waals surface area contributed by atoms with E-state index in [0.717, 1.165) is 23.7 Å². The lowest BCUT2D eigenvalue weighted by Gasteiger charge is -2.25. The number of ether oxygens (including phenoxy) is 1. The van der Waals surface area contributed by atoms with Crippen molar-refractivity contribution in [2.75, 3.05) is 42.4 Å². The highest BCUT2D eigenvalue weighted by Gasteiger charge is 2.31. The van der Waals surface area contributed by atoms with Crippen LogP contribution in [0.2, 0.25) is 0 Å². The summed E-state index contributed by atoms with van der Waals surface area (Å²) >= 11 is 0. The molecule has 1 atom stereocenters. The van der Waals surface area contributed by atoms with Gasteiger partial charge in [-0.25, -0.2) is 13.4 Å². The normalized spacial score (nSPS) is 18.3. The van der Waals surface area contributed by atoms with E-state index in [2.05, 4.69) is 21.4 Å². The number of nitrogens with zero attached hydrogens (tertiary/aromatic N) is 3. The molecular weight excluding hydrogens is 364 g/mol. The van der Waals surface area contributed by atoms with Gasteiger partial charge in [-0.3, -0.25) is 0 Å². The first-order valence-electron chi connectivity index (χ1n) is 9.02. The molecule has 1 aromatic carbocycles. The Morgan fingerprint density at radius 2 is 2.11 bits per heavy atom. The second-order valence-electron chi connectivity index (χ2n) is 6.89. The maximum atomic E-state index is 11.8. The summed E-state index contributed by atoms with van der Waals surface area (Å²) in [4.78, 5) is 11.0. The monoisotopic (exact) mass is 390 g/mol. The van der Waals surface area contributed by atoms with Crippen LogP contribution in [0.4, 0.5) is 11.8 Å². The average molecular weight is 391 g/mol. The molecule has 1 aromatic heterocycles. The van der Waals surface area contributed by atoms with E-state index in [1.54, 1.807) is 7.11 Å². The van der Waals surface area contributed by atoms with Gasteiger partial charge in [-0.2, -0.15) is 4.98 Å². The summed E-state index contributed by atoms with van der Waals surface area (Å²) in [6.07, 6.45) is 1.46. The van der Waals surface area contributed by atoms with Crippen molar-refractivity contribution in [3.05, 3.63) is 41.6 Å². The summed E-state index contributed by atoms with van der Waals surface area (Å²) in [7, 11) is 0.624. The van der Waals surface area contributed by atoms with E-state index >= 15 is 0 Å². The molecule has 0 radical (unpaired) electrons. The lowest BCUT2D eigenvalue weighted by atomic mass is 10.1. The highest BCUT2D eigenvalue weighted by Crippen LogP contribution is 2.23. The second-order valence-corrected chi connectivity index (χ2v) is 9.12. The largest absolute Gasteiger partial charge is 0.497 e. The van der Waals surface area contributed by atoms with Crippen LogP contribution in [-0.4, -0.2) is 56.6 Å². The first-order chi connectivity index (χ1) is 12.9. The van der Waals surface area contributed by atoms with Gasteiger partial charge in [0.05, 0.1) is 18.6 Å². The van der Waals surface area contributed by atoms with Gasteiger partial charge in [-0.15, -0.1) is 0 Å². The molecule has 0 amide bonds. The van der Waals surface area contributed by atoms with Crippen LogP contribution in [0.5, 0.6) is 5.75 Å². The zero-order valence-corrected chi connectivity index (χ0v) is 16.8. The van der Waals surface area contributed by atoms with Crippen molar-refractivity contribution in [1.82, 2.24) is 9.97 Å². The van der Waals surface area contributed by atoms with Crippen molar-refractivity contribution in [3.8, 4) is 5.75 Å². The van der Waals surface area contributed by atoms with E-state index in [-0.39, 0.29) is 17.5 Å². The maximum absolute atomic E-state index is 11.8. The number of aryl methyl sites for hydroxylation is 1. The fourth-order valence-corrected chi connectivity index (χ4v) is 5.00. The number of methoxy groups -OCH3 is 1. The Labute approximate surface area is 160 Å². The van der Waals surface area contributed by atoms with Crippen molar-refractivity contribution in [1.29, 1.82) is 0 Å². The van der Waals surface area contributed by atoms with Crippen LogP contribution >= 0.6 is 0 Å². The van der Waals surface area contributed by atoms with E-state index < -0.39 is 9.84 Å². The predicted molar refractivity (Wildman–Crippen MR) is 107 cm³/mol. The number of aromatic nitrogens is 2. The minimum atomic E-state index is -2.93. The van der Waals surface area contributed by atoms with Crippen molar-refractivity contribution in [2.45, 2.75) is 25.8 Å². The third-order valence-corrected chi connectivity index (χ3v) is 6.54. The quantitative estimate of drug-likeness (QED) is 0.775. The van der Waals surface area contributed by atoms with Crippen LogP contribution in [0.3, 0.4) is 0 Å². The number of hydrogen-bond acceptors (Lipinski definition) is 7. The van der Waals surface area contributed by atoms with E-state index in [0.29, 0.717) is 18.9 Å². The smallest absolute Gasteiger partial charge is 0.224 e. The zero-order valence-electron chi connectivity index (χ0n) is 16.0. The van der Waals surface area contributed by atoms with Gasteiger partial charge < -0.3 is 15.0 Å². The molecule has 0 saturated carbocycles. The van der Waals surface area contributed by atoms with E-state index in [9.17, 15) is 8.42 Å². The van der Waals surface area contributed by atoms with Crippen molar-refractivity contribution in [3.63, 3.8) is 0 Å². The molecule has 1 aliphatic rings. The van der Waals surface area contributed by atoms with E-state index in [1.165, 1.54) is 5.56 Å². The van der Waals surface area contributed by atoms with Crippen LogP contribution in [0.25, 0.3) is 0 Å². The van der Waals surface area contributed by atoms with Crippen LogP contribution in [0.1, 0.15) is 17.7 Å². The van der Waals surface area contributed by atoms with Gasteiger partial charge in [0, 0.05) is 31.4 Å². The third-order valence-electron chi connectivity index (χ3n) is 4.79. The summed E-state index contributed by atoms with van der Waals surface area (Å²) in [5.41, 5.74) is 2.01. The van der Waals surface area contributed by atoms with Gasteiger partial charge in [0.15, 0.2) is 9.84 Å². The van der Waals surface area contributed by atoms with Crippen molar-refractivity contribution >= 4 is 21.6 Å². The lowest BCUT2D eigenvalue weighted by molar-refractivity contribution is 0.414. The first-order valence-corrected chi connectivity index (χ1v) is 10.8. The molecule has 0 spiro atoms. The highest BCUT2D eigenvalue weighted by atomic mass is 32.2. The molecule has 1 N–H and O–H groups in total. The van der Waals surface area contributed by atoms with Crippen LogP contribution < -0.4 is 15.0 Å². The molecule has 146 valence electrons. The number of benzene rings is 1. The predicted octanol–water partition coefficient (Wildman–Crippen LogP) is 2.07. The molecule has 1 fully saturated rings. The Kier molecular flexibility index (Phi) is 5.84. The second kappa shape index (κ2) is 8.12. The summed E-state index contributed by atoms with van der Waals surface area (Å²) < 4.78 is 28.8. The first kappa shape index (κ1) is 19.4. The van der Waals surface area contributed by atoms with Gasteiger partial charge in [-0.1, -0.05) is 12.1 Å². The summed E-state index contributed by atoms with van der Waals surface area (Å²) in [5, 5.41) is 3.27. The lowest BCUT2D eigenvalue weighted by Crippen LogP contribution is -2.33. The van der Waals surface area contributed by atoms with E-state index in [4.69, 9.17) is 4.74 Å². The average Bonchev–Trinajstić information content (AvgIpc) is 3.00. The summed E-state index contributed by atoms with van der Waals surface area (Å²) in [6.45, 7) is 2.61. The fourth-order valence-electron chi connectivity index (χ4n) is 3.23. The Hall–Kier alpha value is -2.35. The maximum Gasteiger partial charge on any atom is 0.224 e. The summed E-state index contributed by atoms with van der Waals surface area (Å²) in [6, 6.07) is 9.82. The molecule has 7 nitrogen and oxygen atoms in total. The number of sulfone groups is 1. The topological polar surface area (TPSA) is 84.4 Å². The molecule has 0 aliphatic carbocycles. The number of hydrogen-bond donors (Lipinski definition) is 1. The van der Waals surface area contributed by atoms with Gasteiger partial charge in [0.2, 0.25) is 5.95 Å². The number of nitrogens with one attached hydrogen (secondary N) is 1. The van der Waals surface area contributed by atoms with Crippen molar-refractivity contribution < 1.29 is 13.2 Å². The standard InChI is InChI=1S/C19H26N4O3S/c1-14-11-18(23(2)16-8-10-27(24,25)13-16)22-19(21-14)20-9-7-15-5-4-6-17(12-15)26-3/h4-6,11-12,16H,7-10,13H2,1-3H3,(H,20,21,22). The zero-order chi connectivity index (χ0) is 19.4. The molecule has 0 bridgehead atoms. The minimum absolute atomic E-state index is 0.0334. The molecule has 1 aliphatic heterocycles. The Morgan fingerprint density at radius 1 is 1.30 bits per heavy atom. The Balaban J connectivity index is 1.64. The third kappa shape index (κ3) is 5.09. The summed E-state index contributed by atoms with van der Waals surface area (Å²) in [5.74, 6) is 2.58. The fraction of sp³-hybridized carbons (Fsp3) is 0.474. The molecule has 27 heavy (non-hydrogen) atoms. The Bertz CT molecular complexity index is 902. The minimum Gasteiger partial charge on any atom is -0.497 e. The molecule has 1 unspecified atom stereocenters. The molecule has 8 heteroatoms. The Morgan fingerprint density at radius 3 is 2.81 bits per heavy atom. The molecule has 3 rings (SSSR count). The van der Waals surface area contributed by atoms with Crippen molar-refractivity contribution in [2.24, 2.45) is 0 Å². The van der Waals surface area contributed by atoms with Crippen LogP contribution in [0.15, 0.2) is 30.3 Å².